The highest BCUT2D eigenvalue weighted by Crippen LogP contribution is 2.33. The van der Waals surface area contributed by atoms with E-state index in [1.54, 1.807) is 12.1 Å². The zero-order valence-electron chi connectivity index (χ0n) is 8.00. The zero-order valence-corrected chi connectivity index (χ0v) is 8.00. The van der Waals surface area contributed by atoms with Crippen LogP contribution in [0.2, 0.25) is 0 Å². The fourth-order valence-electron chi connectivity index (χ4n) is 1.71. The van der Waals surface area contributed by atoms with Gasteiger partial charge in [0.1, 0.15) is 0 Å². The van der Waals surface area contributed by atoms with E-state index >= 15 is 0 Å². The first kappa shape index (κ1) is 9.76. The van der Waals surface area contributed by atoms with Gasteiger partial charge in [0.15, 0.2) is 11.6 Å². The SMILES string of the molecule is NC(=O)N[C@H]1CCOc2c(F)cccc21. The van der Waals surface area contributed by atoms with Gasteiger partial charge in [0, 0.05) is 12.0 Å². The number of hydrogen-bond acceptors (Lipinski definition) is 2. The number of hydrogen-bond donors (Lipinski definition) is 2. The topological polar surface area (TPSA) is 64.4 Å². The van der Waals surface area contributed by atoms with E-state index in [0.717, 1.165) is 0 Å². The summed E-state index contributed by atoms with van der Waals surface area (Å²) < 4.78 is 18.5. The minimum absolute atomic E-state index is 0.211. The monoisotopic (exact) mass is 210 g/mol. The number of carbonyl (C=O) groups excluding carboxylic acids is 1. The Morgan fingerprint density at radius 1 is 1.60 bits per heavy atom. The summed E-state index contributed by atoms with van der Waals surface area (Å²) in [5.74, 6) is -0.203. The van der Waals surface area contributed by atoms with Crippen molar-refractivity contribution in [2.75, 3.05) is 6.61 Å². The summed E-state index contributed by atoms with van der Waals surface area (Å²) in [7, 11) is 0. The van der Waals surface area contributed by atoms with Crippen molar-refractivity contribution in [3.63, 3.8) is 0 Å². The summed E-state index contributed by atoms with van der Waals surface area (Å²) in [6, 6.07) is 3.75. The Balaban J connectivity index is 2.34. The maximum atomic E-state index is 13.3. The number of nitrogens with one attached hydrogen (secondary N) is 1. The third-order valence-electron chi connectivity index (χ3n) is 2.34. The highest BCUT2D eigenvalue weighted by Gasteiger charge is 2.24. The van der Waals surface area contributed by atoms with Gasteiger partial charge in [-0.25, -0.2) is 9.18 Å². The van der Waals surface area contributed by atoms with Gasteiger partial charge in [0.2, 0.25) is 0 Å². The summed E-state index contributed by atoms with van der Waals surface area (Å²) in [6.07, 6.45) is 0.597. The average molecular weight is 210 g/mol. The molecule has 4 nitrogen and oxygen atoms in total. The van der Waals surface area contributed by atoms with E-state index in [1.807, 2.05) is 0 Å². The van der Waals surface area contributed by atoms with Crippen molar-refractivity contribution in [2.45, 2.75) is 12.5 Å². The number of para-hydroxylation sites is 1. The van der Waals surface area contributed by atoms with Gasteiger partial charge >= 0.3 is 6.03 Å². The highest BCUT2D eigenvalue weighted by atomic mass is 19.1. The van der Waals surface area contributed by atoms with Gasteiger partial charge in [0.05, 0.1) is 12.6 Å². The molecule has 80 valence electrons. The van der Waals surface area contributed by atoms with Crippen molar-refractivity contribution in [2.24, 2.45) is 5.73 Å². The molecule has 1 atom stereocenters. The van der Waals surface area contributed by atoms with E-state index in [-0.39, 0.29) is 11.8 Å². The molecule has 0 aliphatic carbocycles. The lowest BCUT2D eigenvalue weighted by Gasteiger charge is -2.26. The van der Waals surface area contributed by atoms with Gasteiger partial charge in [-0.2, -0.15) is 0 Å². The van der Waals surface area contributed by atoms with Crippen LogP contribution in [-0.4, -0.2) is 12.6 Å². The minimum Gasteiger partial charge on any atom is -0.490 e. The van der Waals surface area contributed by atoms with Crippen molar-refractivity contribution in [1.82, 2.24) is 5.32 Å². The first-order chi connectivity index (χ1) is 7.18. The van der Waals surface area contributed by atoms with Crippen LogP contribution < -0.4 is 15.8 Å². The molecule has 0 fully saturated rings. The molecule has 0 saturated carbocycles. The van der Waals surface area contributed by atoms with Crippen LogP contribution in [0.1, 0.15) is 18.0 Å². The Morgan fingerprint density at radius 3 is 3.13 bits per heavy atom. The lowest BCUT2D eigenvalue weighted by Crippen LogP contribution is -2.35. The average Bonchev–Trinajstić information content (AvgIpc) is 2.19. The Morgan fingerprint density at radius 2 is 2.40 bits per heavy atom. The number of benzene rings is 1. The predicted molar refractivity (Wildman–Crippen MR) is 52.0 cm³/mol. The normalized spacial score (nSPS) is 18.9. The summed E-state index contributed by atoms with van der Waals surface area (Å²) >= 11 is 0. The van der Waals surface area contributed by atoms with Crippen LogP contribution in [0.5, 0.6) is 5.75 Å². The third-order valence-corrected chi connectivity index (χ3v) is 2.34. The summed E-state index contributed by atoms with van der Waals surface area (Å²) in [6.45, 7) is 0.374. The Labute approximate surface area is 86.2 Å². The second-order valence-corrected chi connectivity index (χ2v) is 3.36. The Kier molecular flexibility index (Phi) is 2.45. The maximum absolute atomic E-state index is 13.3. The molecule has 5 heteroatoms. The smallest absolute Gasteiger partial charge is 0.312 e. The second-order valence-electron chi connectivity index (χ2n) is 3.36. The van der Waals surface area contributed by atoms with Crippen LogP contribution in [0.15, 0.2) is 18.2 Å². The summed E-state index contributed by atoms with van der Waals surface area (Å²) in [5.41, 5.74) is 5.67. The van der Waals surface area contributed by atoms with Gasteiger partial charge < -0.3 is 15.8 Å². The maximum Gasteiger partial charge on any atom is 0.312 e. The molecule has 1 aromatic rings. The van der Waals surface area contributed by atoms with Gasteiger partial charge in [-0.1, -0.05) is 12.1 Å². The number of ether oxygens (including phenoxy) is 1. The molecule has 1 aliphatic rings. The largest absolute Gasteiger partial charge is 0.490 e. The number of halogens is 1. The van der Waals surface area contributed by atoms with Gasteiger partial charge in [0.25, 0.3) is 0 Å². The quantitative estimate of drug-likeness (QED) is 0.734. The number of primary amides is 1. The zero-order chi connectivity index (χ0) is 10.8. The van der Waals surface area contributed by atoms with Crippen LogP contribution in [0.3, 0.4) is 0 Å². The molecule has 0 saturated heterocycles. The van der Waals surface area contributed by atoms with E-state index in [2.05, 4.69) is 5.32 Å². The molecular formula is C10H11FN2O2. The third kappa shape index (κ3) is 1.86. The summed E-state index contributed by atoms with van der Waals surface area (Å²) in [5, 5.41) is 2.56. The van der Waals surface area contributed by atoms with Crippen molar-refractivity contribution < 1.29 is 13.9 Å². The first-order valence-corrected chi connectivity index (χ1v) is 4.65. The van der Waals surface area contributed by atoms with E-state index in [0.29, 0.717) is 18.6 Å². The van der Waals surface area contributed by atoms with Crippen molar-refractivity contribution in [3.05, 3.63) is 29.6 Å². The van der Waals surface area contributed by atoms with E-state index in [9.17, 15) is 9.18 Å². The van der Waals surface area contributed by atoms with Crippen molar-refractivity contribution >= 4 is 6.03 Å². The van der Waals surface area contributed by atoms with Crippen LogP contribution in [0, 0.1) is 5.82 Å². The molecule has 15 heavy (non-hydrogen) atoms. The molecule has 1 heterocycles. The summed E-state index contributed by atoms with van der Waals surface area (Å²) in [4.78, 5) is 10.7. The standard InChI is InChI=1S/C10H11FN2O2/c11-7-3-1-2-6-8(13-10(12)14)4-5-15-9(6)7/h1-3,8H,4-5H2,(H3,12,13,14)/t8-/m0/s1. The molecule has 0 aromatic heterocycles. The highest BCUT2D eigenvalue weighted by molar-refractivity contribution is 5.72. The Hall–Kier alpha value is -1.78. The molecule has 0 radical (unpaired) electrons. The fourth-order valence-corrected chi connectivity index (χ4v) is 1.71. The van der Waals surface area contributed by atoms with Gasteiger partial charge in [-0.05, 0) is 6.07 Å². The van der Waals surface area contributed by atoms with Crippen LogP contribution >= 0.6 is 0 Å². The minimum atomic E-state index is -0.614. The van der Waals surface area contributed by atoms with Crippen molar-refractivity contribution in [3.8, 4) is 5.75 Å². The molecule has 2 rings (SSSR count). The fraction of sp³-hybridized carbons (Fsp3) is 0.300. The lowest BCUT2D eigenvalue weighted by molar-refractivity contribution is 0.225. The van der Waals surface area contributed by atoms with E-state index in [4.69, 9.17) is 10.5 Å². The number of fused-ring (bicyclic) bond motifs is 1. The molecule has 2 amide bonds. The number of urea groups is 1. The molecule has 0 spiro atoms. The van der Waals surface area contributed by atoms with Crippen LogP contribution in [-0.2, 0) is 0 Å². The van der Waals surface area contributed by atoms with E-state index < -0.39 is 11.8 Å². The predicted octanol–water partition coefficient (Wildman–Crippen LogP) is 1.32. The van der Waals surface area contributed by atoms with E-state index in [1.165, 1.54) is 6.07 Å². The molecule has 1 aromatic carbocycles. The number of amides is 2. The molecule has 3 N–H and O–H groups in total. The second kappa shape index (κ2) is 3.76. The molecule has 0 unspecified atom stereocenters. The Bertz CT molecular complexity index is 395. The molecular weight excluding hydrogens is 199 g/mol. The van der Waals surface area contributed by atoms with Gasteiger partial charge in [-0.15, -0.1) is 0 Å². The number of rotatable bonds is 1. The lowest BCUT2D eigenvalue weighted by atomic mass is 10.0. The number of nitrogens with two attached hydrogens (primary N) is 1. The van der Waals surface area contributed by atoms with Gasteiger partial charge in [-0.3, -0.25) is 0 Å². The molecule has 1 aliphatic heterocycles. The number of carbonyl (C=O) groups is 1. The first-order valence-electron chi connectivity index (χ1n) is 4.65. The van der Waals surface area contributed by atoms with Crippen LogP contribution in [0.4, 0.5) is 9.18 Å². The van der Waals surface area contributed by atoms with Crippen molar-refractivity contribution in [1.29, 1.82) is 0 Å². The van der Waals surface area contributed by atoms with Crippen LogP contribution in [0.25, 0.3) is 0 Å². The molecule has 0 bridgehead atoms.